The van der Waals surface area contributed by atoms with Crippen LogP contribution in [0.4, 0.5) is 5.69 Å². The van der Waals surface area contributed by atoms with E-state index in [4.69, 9.17) is 0 Å². The first-order valence-electron chi connectivity index (χ1n) is 7.38. The highest BCUT2D eigenvalue weighted by Gasteiger charge is 2.08. The molecule has 0 radical (unpaired) electrons. The molecule has 2 N–H and O–H groups in total. The van der Waals surface area contributed by atoms with E-state index in [0.29, 0.717) is 16.6 Å². The van der Waals surface area contributed by atoms with Gasteiger partial charge in [0.15, 0.2) is 0 Å². The molecule has 0 aliphatic rings. The zero-order valence-electron chi connectivity index (χ0n) is 12.6. The van der Waals surface area contributed by atoms with Crippen molar-refractivity contribution in [2.75, 3.05) is 5.32 Å². The van der Waals surface area contributed by atoms with Crippen LogP contribution in [0.5, 0.6) is 0 Å². The molecule has 4 rings (SSSR count). The second-order valence-corrected chi connectivity index (χ2v) is 5.41. The van der Waals surface area contributed by atoms with Crippen molar-refractivity contribution in [2.45, 2.75) is 6.54 Å². The molecule has 1 amide bonds. The van der Waals surface area contributed by atoms with Gasteiger partial charge in [0.25, 0.3) is 5.56 Å². The summed E-state index contributed by atoms with van der Waals surface area (Å²) in [5.74, 6) is -0.298. The average molecular weight is 319 g/mol. The number of rotatable bonds is 3. The van der Waals surface area contributed by atoms with E-state index in [9.17, 15) is 9.59 Å². The molecule has 24 heavy (non-hydrogen) atoms. The summed E-state index contributed by atoms with van der Waals surface area (Å²) in [5, 5.41) is 11.0. The average Bonchev–Trinajstić information content (AvgIpc) is 3.05. The predicted molar refractivity (Wildman–Crippen MR) is 90.7 cm³/mol. The number of carbonyl (C=O) groups excluding carboxylic acids is 1. The molecule has 0 bridgehead atoms. The van der Waals surface area contributed by atoms with Gasteiger partial charge in [-0.2, -0.15) is 5.10 Å². The maximum absolute atomic E-state index is 12.4. The number of H-pyrrole nitrogens is 1. The van der Waals surface area contributed by atoms with Crippen molar-refractivity contribution in [2.24, 2.45) is 0 Å². The molecule has 2 aromatic heterocycles. The number of nitrogens with one attached hydrogen (secondary N) is 2. The second-order valence-electron chi connectivity index (χ2n) is 5.41. The predicted octanol–water partition coefficient (Wildman–Crippen LogP) is 1.91. The van der Waals surface area contributed by atoms with Crippen LogP contribution in [-0.4, -0.2) is 25.7 Å². The first-order chi connectivity index (χ1) is 11.7. The maximum Gasteiger partial charge on any atom is 0.261 e. The Hall–Kier alpha value is -3.48. The van der Waals surface area contributed by atoms with Crippen molar-refractivity contribution < 1.29 is 4.79 Å². The van der Waals surface area contributed by atoms with Crippen molar-refractivity contribution in [3.8, 4) is 0 Å². The number of hydrogen-bond acceptors (Lipinski definition) is 4. The second kappa shape index (κ2) is 5.62. The highest BCUT2D eigenvalue weighted by molar-refractivity contribution is 5.93. The van der Waals surface area contributed by atoms with Crippen LogP contribution in [-0.2, 0) is 11.3 Å². The molecule has 7 heteroatoms. The number of amides is 1. The molecule has 4 aromatic rings. The van der Waals surface area contributed by atoms with E-state index in [1.807, 2.05) is 12.1 Å². The quantitative estimate of drug-likeness (QED) is 0.603. The Morgan fingerprint density at radius 3 is 3.00 bits per heavy atom. The highest BCUT2D eigenvalue weighted by Crippen LogP contribution is 2.16. The fourth-order valence-corrected chi connectivity index (χ4v) is 2.59. The molecule has 0 atom stereocenters. The van der Waals surface area contributed by atoms with E-state index in [2.05, 4.69) is 20.5 Å². The molecule has 0 fully saturated rings. The summed E-state index contributed by atoms with van der Waals surface area (Å²) >= 11 is 0. The van der Waals surface area contributed by atoms with Crippen molar-refractivity contribution in [1.29, 1.82) is 0 Å². The van der Waals surface area contributed by atoms with Crippen LogP contribution in [0, 0.1) is 0 Å². The molecule has 0 aliphatic carbocycles. The van der Waals surface area contributed by atoms with E-state index in [1.165, 1.54) is 10.9 Å². The zero-order chi connectivity index (χ0) is 16.5. The number of benzene rings is 2. The topological polar surface area (TPSA) is 92.7 Å². The molecule has 2 aromatic carbocycles. The van der Waals surface area contributed by atoms with E-state index in [0.717, 1.165) is 10.9 Å². The number of anilines is 1. The van der Waals surface area contributed by atoms with Crippen molar-refractivity contribution in [3.05, 3.63) is 65.3 Å². The van der Waals surface area contributed by atoms with E-state index in [1.54, 1.807) is 36.5 Å². The Morgan fingerprint density at radius 2 is 2.08 bits per heavy atom. The molecular weight excluding hydrogens is 306 g/mol. The third kappa shape index (κ3) is 2.52. The van der Waals surface area contributed by atoms with Crippen LogP contribution in [0.2, 0.25) is 0 Å². The molecule has 0 saturated heterocycles. The lowest BCUT2D eigenvalue weighted by atomic mass is 10.2. The summed E-state index contributed by atoms with van der Waals surface area (Å²) in [6.45, 7) is -0.0995. The molecule has 0 unspecified atom stereocenters. The van der Waals surface area contributed by atoms with Gasteiger partial charge in [0, 0.05) is 11.1 Å². The summed E-state index contributed by atoms with van der Waals surface area (Å²) in [5.41, 5.74) is 1.85. The van der Waals surface area contributed by atoms with Gasteiger partial charge in [0.1, 0.15) is 6.54 Å². The van der Waals surface area contributed by atoms with Crippen LogP contribution in [0.25, 0.3) is 21.8 Å². The fourth-order valence-electron chi connectivity index (χ4n) is 2.59. The Kier molecular flexibility index (Phi) is 3.31. The minimum absolute atomic E-state index is 0.0995. The lowest BCUT2D eigenvalue weighted by Crippen LogP contribution is -2.27. The molecule has 2 heterocycles. The van der Waals surface area contributed by atoms with Gasteiger partial charge in [-0.25, -0.2) is 4.98 Å². The molecule has 7 nitrogen and oxygen atoms in total. The molecular formula is C17H13N5O2. The van der Waals surface area contributed by atoms with Crippen molar-refractivity contribution >= 4 is 33.4 Å². The third-order valence-electron chi connectivity index (χ3n) is 3.77. The Bertz CT molecular complexity index is 1110. The van der Waals surface area contributed by atoms with Gasteiger partial charge in [-0.15, -0.1) is 0 Å². The number of fused-ring (bicyclic) bond motifs is 2. The largest absolute Gasteiger partial charge is 0.324 e. The Morgan fingerprint density at radius 1 is 1.21 bits per heavy atom. The van der Waals surface area contributed by atoms with Gasteiger partial charge >= 0.3 is 0 Å². The Balaban J connectivity index is 1.57. The van der Waals surface area contributed by atoms with E-state index >= 15 is 0 Å². The SMILES string of the molecule is O=C(Cn1cnc2ccccc2c1=O)Nc1ccc2cn[nH]c2c1. The van der Waals surface area contributed by atoms with Crippen LogP contribution in [0.1, 0.15) is 0 Å². The zero-order valence-corrected chi connectivity index (χ0v) is 12.6. The summed E-state index contributed by atoms with van der Waals surface area (Å²) in [6.07, 6.45) is 3.10. The fraction of sp³-hybridized carbons (Fsp3) is 0.0588. The Labute approximate surface area is 136 Å². The van der Waals surface area contributed by atoms with Crippen molar-refractivity contribution in [1.82, 2.24) is 19.7 Å². The monoisotopic (exact) mass is 319 g/mol. The van der Waals surface area contributed by atoms with Crippen LogP contribution in [0.3, 0.4) is 0 Å². The van der Waals surface area contributed by atoms with E-state index in [-0.39, 0.29) is 18.0 Å². The van der Waals surface area contributed by atoms with Crippen LogP contribution in [0.15, 0.2) is 59.8 Å². The summed E-state index contributed by atoms with van der Waals surface area (Å²) in [7, 11) is 0. The smallest absolute Gasteiger partial charge is 0.261 e. The lowest BCUT2D eigenvalue weighted by Gasteiger charge is -2.08. The van der Waals surface area contributed by atoms with Gasteiger partial charge in [0.05, 0.1) is 28.9 Å². The number of hydrogen-bond donors (Lipinski definition) is 2. The first kappa shape index (κ1) is 14.1. The summed E-state index contributed by atoms with van der Waals surface area (Å²) in [6, 6.07) is 12.5. The molecule has 0 spiro atoms. The number of para-hydroxylation sites is 1. The molecule has 0 aliphatic heterocycles. The van der Waals surface area contributed by atoms with Gasteiger partial charge < -0.3 is 5.32 Å². The normalized spacial score (nSPS) is 11.0. The number of carbonyl (C=O) groups is 1. The minimum Gasteiger partial charge on any atom is -0.324 e. The third-order valence-corrected chi connectivity index (χ3v) is 3.77. The first-order valence-corrected chi connectivity index (χ1v) is 7.38. The van der Waals surface area contributed by atoms with Crippen LogP contribution >= 0.6 is 0 Å². The molecule has 118 valence electrons. The lowest BCUT2D eigenvalue weighted by molar-refractivity contribution is -0.116. The van der Waals surface area contributed by atoms with Gasteiger partial charge in [-0.3, -0.25) is 19.3 Å². The highest BCUT2D eigenvalue weighted by atomic mass is 16.2. The van der Waals surface area contributed by atoms with E-state index < -0.39 is 0 Å². The number of aromatic amines is 1. The summed E-state index contributed by atoms with van der Waals surface area (Å²) < 4.78 is 1.30. The van der Waals surface area contributed by atoms with Gasteiger partial charge in [-0.05, 0) is 30.3 Å². The molecule has 0 saturated carbocycles. The maximum atomic E-state index is 12.4. The number of nitrogens with zero attached hydrogens (tertiary/aromatic N) is 3. The number of aromatic nitrogens is 4. The van der Waals surface area contributed by atoms with Crippen LogP contribution < -0.4 is 10.9 Å². The standard InChI is InChI=1S/C17H13N5O2/c23-16(20-12-6-5-11-8-19-21-15(11)7-12)9-22-10-18-14-4-2-1-3-13(14)17(22)24/h1-8,10H,9H2,(H,19,21)(H,20,23). The minimum atomic E-state index is -0.298. The van der Waals surface area contributed by atoms with Crippen molar-refractivity contribution in [3.63, 3.8) is 0 Å². The summed E-state index contributed by atoms with van der Waals surface area (Å²) in [4.78, 5) is 28.8. The van der Waals surface area contributed by atoms with Gasteiger partial charge in [-0.1, -0.05) is 12.1 Å². The van der Waals surface area contributed by atoms with Gasteiger partial charge in [0.2, 0.25) is 5.91 Å².